The summed E-state index contributed by atoms with van der Waals surface area (Å²) in [5, 5.41) is 23.7. The second-order valence-electron chi connectivity index (χ2n) is 14.3. The van der Waals surface area contributed by atoms with Crippen LogP contribution in [0.25, 0.3) is 21.9 Å². The molecule has 0 spiro atoms. The zero-order valence-corrected chi connectivity index (χ0v) is 31.1. The number of nitrogens with one attached hydrogen (secondary N) is 2. The summed E-state index contributed by atoms with van der Waals surface area (Å²) in [5.41, 5.74) is 8.76. The third kappa shape index (κ3) is 10.4. The van der Waals surface area contributed by atoms with E-state index in [2.05, 4.69) is 90.9 Å². The lowest BCUT2D eigenvalue weighted by atomic mass is 9.97. The largest absolute Gasteiger partial charge is 0.392 e. The van der Waals surface area contributed by atoms with Gasteiger partial charge in [0.2, 0.25) is 11.8 Å². The van der Waals surface area contributed by atoms with Gasteiger partial charge in [-0.2, -0.15) is 0 Å². The van der Waals surface area contributed by atoms with Crippen LogP contribution in [-0.2, 0) is 32.2 Å². The van der Waals surface area contributed by atoms with Gasteiger partial charge in [-0.3, -0.25) is 19.7 Å². The summed E-state index contributed by atoms with van der Waals surface area (Å²) in [6, 6.07) is 39.7. The van der Waals surface area contributed by atoms with E-state index in [9.17, 15) is 14.7 Å². The van der Waals surface area contributed by atoms with Crippen LogP contribution < -0.4 is 10.8 Å². The lowest BCUT2D eigenvalue weighted by Gasteiger charge is -2.39. The highest BCUT2D eigenvalue weighted by Gasteiger charge is 2.33. The molecular formula is C45H51N3O6. The number of fused-ring (bicyclic) bond motifs is 1. The number of hydroxylamine groups is 1. The molecule has 5 aromatic rings. The number of rotatable bonds is 16. The summed E-state index contributed by atoms with van der Waals surface area (Å²) in [4.78, 5) is 26.0. The minimum absolute atomic E-state index is 0.00691. The van der Waals surface area contributed by atoms with Crippen molar-refractivity contribution in [3.8, 4) is 11.1 Å². The van der Waals surface area contributed by atoms with Crippen LogP contribution in [-0.4, -0.2) is 46.7 Å². The molecule has 9 heteroatoms. The van der Waals surface area contributed by atoms with Crippen LogP contribution in [0, 0.1) is 0 Å². The van der Waals surface area contributed by atoms with Crippen LogP contribution in [0.1, 0.15) is 91.7 Å². The summed E-state index contributed by atoms with van der Waals surface area (Å²) < 4.78 is 13.5. The smallest absolute Gasteiger partial charge is 0.243 e. The lowest BCUT2D eigenvalue weighted by molar-refractivity contribution is -0.253. The Balaban J connectivity index is 1.14. The SMILES string of the molecule is C[C@H](c1ccc2ccccc2c1)N(C)C[C@H]1C[C@@H](c2ccc(CO)cc2)O[C@@H](c2cccc(-c3cccc(CNC(=O)CCCCCC(=O)NO)c3)c2)O1. The molecule has 54 heavy (non-hydrogen) atoms. The third-order valence-corrected chi connectivity index (χ3v) is 10.4. The molecule has 1 heterocycles. The first-order valence-electron chi connectivity index (χ1n) is 18.9. The molecule has 6 rings (SSSR count). The zero-order chi connectivity index (χ0) is 37.9. The van der Waals surface area contributed by atoms with Crippen molar-refractivity contribution in [1.29, 1.82) is 0 Å². The number of unbranched alkanes of at least 4 members (excludes halogenated alkanes) is 2. The van der Waals surface area contributed by atoms with Gasteiger partial charge in [0.25, 0.3) is 0 Å². The van der Waals surface area contributed by atoms with E-state index in [1.54, 1.807) is 5.48 Å². The van der Waals surface area contributed by atoms with Crippen LogP contribution in [0.2, 0.25) is 0 Å². The number of benzene rings is 5. The van der Waals surface area contributed by atoms with Crippen LogP contribution >= 0.6 is 0 Å². The highest BCUT2D eigenvalue weighted by atomic mass is 16.7. The summed E-state index contributed by atoms with van der Waals surface area (Å²) in [6.07, 6.45) is 2.48. The Bertz CT molecular complexity index is 2000. The van der Waals surface area contributed by atoms with Crippen molar-refractivity contribution in [2.75, 3.05) is 13.6 Å². The van der Waals surface area contributed by atoms with Crippen molar-refractivity contribution in [2.24, 2.45) is 0 Å². The average Bonchev–Trinajstić information content (AvgIpc) is 3.22. The fourth-order valence-electron chi connectivity index (χ4n) is 7.05. The number of aliphatic hydroxyl groups excluding tert-OH is 1. The van der Waals surface area contributed by atoms with E-state index in [1.165, 1.54) is 16.3 Å². The summed E-state index contributed by atoms with van der Waals surface area (Å²) >= 11 is 0. The van der Waals surface area contributed by atoms with E-state index in [0.29, 0.717) is 38.8 Å². The van der Waals surface area contributed by atoms with Gasteiger partial charge in [0.15, 0.2) is 6.29 Å². The van der Waals surface area contributed by atoms with Gasteiger partial charge in [0.1, 0.15) is 0 Å². The van der Waals surface area contributed by atoms with Gasteiger partial charge in [-0.05, 0) is 89.2 Å². The molecule has 282 valence electrons. The second-order valence-corrected chi connectivity index (χ2v) is 14.3. The predicted octanol–water partition coefficient (Wildman–Crippen LogP) is 8.31. The molecule has 2 amide bonds. The van der Waals surface area contributed by atoms with Crippen LogP contribution in [0.4, 0.5) is 0 Å². The zero-order valence-electron chi connectivity index (χ0n) is 31.1. The highest BCUT2D eigenvalue weighted by Crippen LogP contribution is 2.39. The lowest BCUT2D eigenvalue weighted by Crippen LogP contribution is -2.38. The molecule has 0 radical (unpaired) electrons. The van der Waals surface area contributed by atoms with Crippen LogP contribution in [0.3, 0.4) is 0 Å². The molecule has 1 aliphatic rings. The summed E-state index contributed by atoms with van der Waals surface area (Å²) in [7, 11) is 2.15. The Morgan fingerprint density at radius 1 is 0.759 bits per heavy atom. The van der Waals surface area contributed by atoms with Crippen LogP contribution in [0.5, 0.6) is 0 Å². The van der Waals surface area contributed by atoms with Gasteiger partial charge < -0.3 is 19.9 Å². The molecular weight excluding hydrogens is 679 g/mol. The highest BCUT2D eigenvalue weighted by molar-refractivity contribution is 5.83. The topological polar surface area (TPSA) is 120 Å². The molecule has 1 fully saturated rings. The first kappa shape index (κ1) is 38.8. The Hall–Kier alpha value is -4.90. The number of amides is 2. The molecule has 4 N–H and O–H groups in total. The summed E-state index contributed by atoms with van der Waals surface area (Å²) in [5.74, 6) is -0.443. The van der Waals surface area contributed by atoms with E-state index >= 15 is 0 Å². The molecule has 1 aliphatic heterocycles. The van der Waals surface area contributed by atoms with E-state index < -0.39 is 12.2 Å². The normalized spacial score (nSPS) is 17.7. The standard InChI is InChI=1S/C45H51N3O6/c1-31(36-23-22-34-11-6-7-12-38(34)25-36)48(2)29-41-27-42(35-20-18-32(30-49)19-21-35)54-45(53-41)40-15-9-14-39(26-40)37-13-8-10-33(24-37)28-46-43(50)16-4-3-5-17-44(51)47-52/h6-15,18-26,31,41-42,45,49,52H,3-5,16-17,27-30H2,1-2H3,(H,46,50)(H,47,51)/t31-,41-,42+,45+/m1/s1. The second kappa shape index (κ2) is 18.9. The van der Waals surface area contributed by atoms with Gasteiger partial charge >= 0.3 is 0 Å². The van der Waals surface area contributed by atoms with Gasteiger partial charge in [0, 0.05) is 44.0 Å². The van der Waals surface area contributed by atoms with Gasteiger partial charge in [0.05, 0.1) is 18.8 Å². The maximum absolute atomic E-state index is 12.5. The fraction of sp³-hybridized carbons (Fsp3) is 0.333. The third-order valence-electron chi connectivity index (χ3n) is 10.4. The quantitative estimate of drug-likeness (QED) is 0.0458. The van der Waals surface area contributed by atoms with Gasteiger partial charge in [-0.1, -0.05) is 103 Å². The first-order chi connectivity index (χ1) is 26.3. The van der Waals surface area contributed by atoms with Crippen molar-refractivity contribution in [3.05, 3.63) is 143 Å². The van der Waals surface area contributed by atoms with Crippen molar-refractivity contribution in [1.82, 2.24) is 15.7 Å². The number of likely N-dealkylation sites (N-methyl/N-ethyl adjacent to an activating group) is 1. The molecule has 0 bridgehead atoms. The number of hydrogen-bond donors (Lipinski definition) is 4. The first-order valence-corrected chi connectivity index (χ1v) is 18.9. The number of carbonyl (C=O) groups excluding carboxylic acids is 2. The van der Waals surface area contributed by atoms with E-state index in [1.807, 2.05) is 48.5 Å². The Kier molecular flexibility index (Phi) is 13.6. The molecule has 0 unspecified atom stereocenters. The van der Waals surface area contributed by atoms with E-state index in [-0.39, 0.29) is 37.2 Å². The molecule has 4 atom stereocenters. The van der Waals surface area contributed by atoms with Gasteiger partial charge in [-0.15, -0.1) is 0 Å². The molecule has 5 aromatic carbocycles. The number of aliphatic hydroxyl groups is 1. The van der Waals surface area contributed by atoms with Crippen molar-refractivity contribution in [2.45, 2.75) is 83.1 Å². The monoisotopic (exact) mass is 729 g/mol. The maximum Gasteiger partial charge on any atom is 0.243 e. The van der Waals surface area contributed by atoms with Crippen LogP contribution in [0.15, 0.2) is 115 Å². The summed E-state index contributed by atoms with van der Waals surface area (Å²) in [6.45, 7) is 3.36. The Morgan fingerprint density at radius 3 is 2.24 bits per heavy atom. The Morgan fingerprint density at radius 2 is 1.48 bits per heavy atom. The minimum Gasteiger partial charge on any atom is -0.392 e. The van der Waals surface area contributed by atoms with E-state index in [0.717, 1.165) is 39.8 Å². The van der Waals surface area contributed by atoms with Gasteiger partial charge in [-0.25, -0.2) is 5.48 Å². The number of carbonyl (C=O) groups is 2. The van der Waals surface area contributed by atoms with Crippen molar-refractivity contribution >= 4 is 22.6 Å². The van der Waals surface area contributed by atoms with Crippen molar-refractivity contribution < 1.29 is 29.4 Å². The molecule has 0 aliphatic carbocycles. The molecule has 0 saturated carbocycles. The predicted molar refractivity (Wildman–Crippen MR) is 210 cm³/mol. The minimum atomic E-state index is -0.587. The molecule has 0 aromatic heterocycles. The molecule has 9 nitrogen and oxygen atoms in total. The molecule has 1 saturated heterocycles. The number of nitrogens with zero attached hydrogens (tertiary/aromatic N) is 1. The average molecular weight is 730 g/mol. The maximum atomic E-state index is 12.5. The number of hydrogen-bond acceptors (Lipinski definition) is 7. The fourth-order valence-corrected chi connectivity index (χ4v) is 7.05. The van der Waals surface area contributed by atoms with E-state index in [4.69, 9.17) is 14.7 Å². The number of ether oxygens (including phenoxy) is 2. The Labute approximate surface area is 317 Å². The van der Waals surface area contributed by atoms with Crippen molar-refractivity contribution in [3.63, 3.8) is 0 Å².